The van der Waals surface area contributed by atoms with Gasteiger partial charge in [0.15, 0.2) is 18.2 Å². The first-order valence-corrected chi connectivity index (χ1v) is 9.86. The van der Waals surface area contributed by atoms with Crippen molar-refractivity contribution in [1.82, 2.24) is 15.1 Å². The highest BCUT2D eigenvalue weighted by molar-refractivity contribution is 7.98. The van der Waals surface area contributed by atoms with Gasteiger partial charge in [-0.05, 0) is 12.1 Å². The quantitative estimate of drug-likeness (QED) is 0.322. The molecule has 7 nitrogen and oxygen atoms in total. The Hall–Kier alpha value is -3.39. The van der Waals surface area contributed by atoms with E-state index in [2.05, 4.69) is 15.1 Å². The van der Waals surface area contributed by atoms with E-state index < -0.39 is 5.97 Å². The molecule has 29 heavy (non-hydrogen) atoms. The molecule has 0 amide bonds. The van der Waals surface area contributed by atoms with Crippen LogP contribution in [0.3, 0.4) is 0 Å². The third-order valence-corrected chi connectivity index (χ3v) is 5.04. The summed E-state index contributed by atoms with van der Waals surface area (Å²) in [6, 6.07) is 16.8. The fraction of sp³-hybridized carbons (Fsp3) is 0.143. The van der Waals surface area contributed by atoms with Gasteiger partial charge in [0.1, 0.15) is 0 Å². The topological polar surface area (TPSA) is 91.2 Å². The predicted octanol–water partition coefficient (Wildman–Crippen LogP) is 4.68. The summed E-state index contributed by atoms with van der Waals surface area (Å²) in [6.45, 7) is 1.69. The number of hydrogen-bond acceptors (Lipinski definition) is 8. The maximum absolute atomic E-state index is 12.6. The molecule has 0 aliphatic heterocycles. The van der Waals surface area contributed by atoms with Gasteiger partial charge in [-0.1, -0.05) is 47.6 Å². The zero-order valence-electron chi connectivity index (χ0n) is 15.6. The van der Waals surface area contributed by atoms with Crippen molar-refractivity contribution in [3.05, 3.63) is 84.0 Å². The second-order valence-corrected chi connectivity index (χ2v) is 7.09. The molecule has 0 saturated heterocycles. The molecule has 8 heteroatoms. The number of esters is 1. The van der Waals surface area contributed by atoms with E-state index in [0.717, 1.165) is 10.5 Å². The maximum atomic E-state index is 12.6. The van der Waals surface area contributed by atoms with Crippen LogP contribution in [0.5, 0.6) is 0 Å². The molecule has 0 aliphatic rings. The average molecular weight is 407 g/mol. The Morgan fingerprint density at radius 3 is 2.69 bits per heavy atom. The van der Waals surface area contributed by atoms with E-state index in [9.17, 15) is 4.79 Å². The summed E-state index contributed by atoms with van der Waals surface area (Å²) in [4.78, 5) is 21.7. The molecular weight excluding hydrogens is 390 g/mol. The number of rotatable bonds is 7. The van der Waals surface area contributed by atoms with Crippen molar-refractivity contribution in [1.29, 1.82) is 0 Å². The van der Waals surface area contributed by atoms with Crippen molar-refractivity contribution in [2.24, 2.45) is 0 Å². The second kappa shape index (κ2) is 8.74. The number of carbonyl (C=O) groups excluding carboxylic acids is 1. The molecule has 0 bridgehead atoms. The minimum Gasteiger partial charge on any atom is -0.452 e. The summed E-state index contributed by atoms with van der Waals surface area (Å²) in [5, 5.41) is 3.86. The molecule has 0 aliphatic carbocycles. The minimum absolute atomic E-state index is 0.0469. The van der Waals surface area contributed by atoms with Gasteiger partial charge in [0.25, 0.3) is 0 Å². The van der Waals surface area contributed by atoms with E-state index in [1.165, 1.54) is 11.8 Å². The van der Waals surface area contributed by atoms with Gasteiger partial charge in [0.05, 0.1) is 17.5 Å². The standard InChI is InChI=1S/C21H17N3O4S/c1-14-23-19(24-28-14)13-29-18-10-6-5-9-16(18)21(25)26-12-20-22-11-17(27-20)15-7-3-2-4-8-15/h2-11H,12-13H2,1H3. The van der Waals surface area contributed by atoms with Crippen LogP contribution in [0.25, 0.3) is 11.3 Å². The Kier molecular flexibility index (Phi) is 5.71. The van der Waals surface area contributed by atoms with Crippen LogP contribution in [0.2, 0.25) is 0 Å². The molecule has 4 rings (SSSR count). The van der Waals surface area contributed by atoms with E-state index in [1.54, 1.807) is 25.3 Å². The molecule has 0 atom stereocenters. The third kappa shape index (κ3) is 4.72. The van der Waals surface area contributed by atoms with Gasteiger partial charge in [-0.15, -0.1) is 11.8 Å². The molecule has 2 heterocycles. The number of ether oxygens (including phenoxy) is 1. The summed E-state index contributed by atoms with van der Waals surface area (Å²) in [5.74, 6) is 2.09. The molecule has 0 saturated carbocycles. The Balaban J connectivity index is 1.39. The highest BCUT2D eigenvalue weighted by Crippen LogP contribution is 2.26. The van der Waals surface area contributed by atoms with Gasteiger partial charge < -0.3 is 13.7 Å². The fourth-order valence-electron chi connectivity index (χ4n) is 2.62. The lowest BCUT2D eigenvalue weighted by atomic mass is 10.2. The van der Waals surface area contributed by atoms with Crippen molar-refractivity contribution in [2.45, 2.75) is 24.2 Å². The number of thioether (sulfide) groups is 1. The van der Waals surface area contributed by atoms with E-state index >= 15 is 0 Å². The first-order valence-electron chi connectivity index (χ1n) is 8.87. The first kappa shape index (κ1) is 18.9. The van der Waals surface area contributed by atoms with Crippen molar-refractivity contribution in [3.63, 3.8) is 0 Å². The van der Waals surface area contributed by atoms with Gasteiger partial charge in [-0.2, -0.15) is 4.98 Å². The van der Waals surface area contributed by atoms with E-state index in [0.29, 0.717) is 34.7 Å². The lowest BCUT2D eigenvalue weighted by molar-refractivity contribution is 0.0435. The van der Waals surface area contributed by atoms with E-state index in [-0.39, 0.29) is 6.61 Å². The second-order valence-electron chi connectivity index (χ2n) is 6.07. The molecule has 2 aromatic carbocycles. The number of aryl methyl sites for hydroxylation is 1. The van der Waals surface area contributed by atoms with Crippen LogP contribution < -0.4 is 0 Å². The zero-order valence-corrected chi connectivity index (χ0v) is 16.4. The number of oxazole rings is 1. The van der Waals surface area contributed by atoms with Gasteiger partial charge >= 0.3 is 5.97 Å². The Morgan fingerprint density at radius 2 is 1.90 bits per heavy atom. The lowest BCUT2D eigenvalue weighted by Crippen LogP contribution is -2.07. The molecule has 0 N–H and O–H groups in total. The highest BCUT2D eigenvalue weighted by Gasteiger charge is 2.16. The van der Waals surface area contributed by atoms with Crippen LogP contribution in [-0.2, 0) is 17.1 Å². The Labute approximate surface area is 171 Å². The van der Waals surface area contributed by atoms with Crippen LogP contribution in [0, 0.1) is 6.92 Å². The van der Waals surface area contributed by atoms with Crippen LogP contribution in [0.15, 0.2) is 74.6 Å². The van der Waals surface area contributed by atoms with Gasteiger partial charge in [-0.25, -0.2) is 9.78 Å². The maximum Gasteiger partial charge on any atom is 0.339 e. The number of hydrogen-bond donors (Lipinski definition) is 0. The number of benzene rings is 2. The molecule has 2 aromatic heterocycles. The molecular formula is C21H17N3O4S. The third-order valence-electron chi connectivity index (χ3n) is 3.97. The summed E-state index contributed by atoms with van der Waals surface area (Å²) < 4.78 is 16.0. The van der Waals surface area contributed by atoms with E-state index in [4.69, 9.17) is 13.7 Å². The number of nitrogens with zero attached hydrogens (tertiary/aromatic N) is 3. The Morgan fingerprint density at radius 1 is 1.10 bits per heavy atom. The Bertz CT molecular complexity index is 1110. The molecule has 0 spiro atoms. The van der Waals surface area contributed by atoms with Crippen molar-refractivity contribution >= 4 is 17.7 Å². The fourth-order valence-corrected chi connectivity index (χ4v) is 3.50. The monoisotopic (exact) mass is 407 g/mol. The predicted molar refractivity (Wildman–Crippen MR) is 106 cm³/mol. The summed E-state index contributed by atoms with van der Waals surface area (Å²) in [6.07, 6.45) is 1.62. The van der Waals surface area contributed by atoms with Gasteiger partial charge in [-0.3, -0.25) is 0 Å². The van der Waals surface area contributed by atoms with Gasteiger partial charge in [0, 0.05) is 17.4 Å². The average Bonchev–Trinajstić information content (AvgIpc) is 3.40. The normalized spacial score (nSPS) is 10.8. The molecule has 4 aromatic rings. The van der Waals surface area contributed by atoms with Crippen LogP contribution in [0.1, 0.15) is 28.0 Å². The molecule has 0 fully saturated rings. The number of carbonyl (C=O) groups is 1. The smallest absolute Gasteiger partial charge is 0.339 e. The van der Waals surface area contributed by atoms with Crippen LogP contribution in [0.4, 0.5) is 0 Å². The van der Waals surface area contributed by atoms with Gasteiger partial charge in [0.2, 0.25) is 11.8 Å². The van der Waals surface area contributed by atoms with E-state index in [1.807, 2.05) is 42.5 Å². The summed E-state index contributed by atoms with van der Waals surface area (Å²) in [7, 11) is 0. The molecule has 0 unspecified atom stereocenters. The van der Waals surface area contributed by atoms with Crippen LogP contribution in [-0.4, -0.2) is 21.1 Å². The van der Waals surface area contributed by atoms with Crippen molar-refractivity contribution in [2.75, 3.05) is 0 Å². The minimum atomic E-state index is -0.447. The summed E-state index contributed by atoms with van der Waals surface area (Å²) in [5.41, 5.74) is 1.38. The zero-order chi connectivity index (χ0) is 20.1. The van der Waals surface area contributed by atoms with Crippen molar-refractivity contribution in [3.8, 4) is 11.3 Å². The number of aromatic nitrogens is 3. The highest BCUT2D eigenvalue weighted by atomic mass is 32.2. The molecule has 146 valence electrons. The van der Waals surface area contributed by atoms with Crippen LogP contribution >= 0.6 is 11.8 Å². The lowest BCUT2D eigenvalue weighted by Gasteiger charge is -2.07. The largest absolute Gasteiger partial charge is 0.452 e. The SMILES string of the molecule is Cc1nc(CSc2ccccc2C(=O)OCc2ncc(-c3ccccc3)o2)no1. The molecule has 0 radical (unpaired) electrons. The van der Waals surface area contributed by atoms with Crippen molar-refractivity contribution < 1.29 is 18.5 Å². The summed E-state index contributed by atoms with van der Waals surface area (Å²) >= 11 is 1.44. The first-order chi connectivity index (χ1) is 14.2.